The normalized spacial score (nSPS) is 19.6. The molecular weight excluding hydrogens is 484 g/mol. The first kappa shape index (κ1) is 27.6. The molecule has 13 heteroatoms. The first-order chi connectivity index (χ1) is 17.0. The van der Waals surface area contributed by atoms with E-state index in [1.807, 2.05) is 0 Å². The smallest absolute Gasteiger partial charge is 0.394 e. The highest BCUT2D eigenvalue weighted by Crippen LogP contribution is 2.30. The predicted molar refractivity (Wildman–Crippen MR) is 124 cm³/mol. The molecule has 0 unspecified atom stereocenters. The number of aliphatic hydroxyl groups excluding tert-OH is 2. The van der Waals surface area contributed by atoms with Gasteiger partial charge in [0.05, 0.1) is 18.3 Å². The second-order valence-corrected chi connectivity index (χ2v) is 8.66. The summed E-state index contributed by atoms with van der Waals surface area (Å²) in [4.78, 5) is 22.6. The van der Waals surface area contributed by atoms with Crippen molar-refractivity contribution in [1.29, 1.82) is 0 Å². The van der Waals surface area contributed by atoms with Gasteiger partial charge in [0.2, 0.25) is 11.7 Å². The summed E-state index contributed by atoms with van der Waals surface area (Å²) >= 11 is 0. The van der Waals surface area contributed by atoms with Crippen molar-refractivity contribution in [3.63, 3.8) is 0 Å². The molecule has 1 fully saturated rings. The maximum atomic E-state index is 15.3. The van der Waals surface area contributed by atoms with Crippen LogP contribution in [0.5, 0.6) is 0 Å². The van der Waals surface area contributed by atoms with E-state index in [1.54, 1.807) is 16.7 Å². The lowest BCUT2D eigenvalue weighted by Crippen LogP contribution is -2.55. The van der Waals surface area contributed by atoms with Gasteiger partial charge >= 0.3 is 6.18 Å². The third-order valence-corrected chi connectivity index (χ3v) is 6.33. The minimum absolute atomic E-state index is 0.00230. The van der Waals surface area contributed by atoms with E-state index in [0.717, 1.165) is 12.1 Å². The zero-order valence-corrected chi connectivity index (χ0v) is 19.7. The summed E-state index contributed by atoms with van der Waals surface area (Å²) in [5.41, 5.74) is 5.09. The lowest BCUT2D eigenvalue weighted by atomic mass is 9.92. The number of likely N-dealkylation sites (tertiary alicyclic amines) is 1. The number of nitrogens with one attached hydrogen (secondary N) is 1. The number of nitrogens with zero attached hydrogens (tertiary/aromatic N) is 4. The van der Waals surface area contributed by atoms with Crippen LogP contribution in [0.25, 0.3) is 0 Å². The maximum Gasteiger partial charge on any atom is 0.416 e. The van der Waals surface area contributed by atoms with Crippen LogP contribution in [0.1, 0.15) is 24.5 Å². The van der Waals surface area contributed by atoms with Crippen LogP contribution >= 0.6 is 0 Å². The Morgan fingerprint density at radius 3 is 2.56 bits per heavy atom. The van der Waals surface area contributed by atoms with Crippen LogP contribution in [-0.4, -0.2) is 75.9 Å². The highest BCUT2D eigenvalue weighted by Gasteiger charge is 2.33. The Balaban J connectivity index is 1.64. The molecule has 2 aromatic rings. The largest absolute Gasteiger partial charge is 0.416 e. The number of benzene rings is 1. The van der Waals surface area contributed by atoms with E-state index in [0.29, 0.717) is 25.1 Å². The minimum atomic E-state index is -4.44. The van der Waals surface area contributed by atoms with Crippen LogP contribution in [0.3, 0.4) is 0 Å². The van der Waals surface area contributed by atoms with Gasteiger partial charge in [0.15, 0.2) is 11.6 Å². The summed E-state index contributed by atoms with van der Waals surface area (Å²) in [7, 11) is 0. The molecule has 1 amide bonds. The molecule has 36 heavy (non-hydrogen) atoms. The topological polar surface area (TPSA) is 128 Å². The highest BCUT2D eigenvalue weighted by molar-refractivity contribution is 5.80. The number of amides is 1. The second-order valence-electron chi connectivity index (χ2n) is 8.66. The zero-order chi connectivity index (χ0) is 26.5. The lowest BCUT2D eigenvalue weighted by molar-refractivity contribution is -0.137. The van der Waals surface area contributed by atoms with E-state index in [4.69, 9.17) is 5.73 Å². The first-order valence-corrected chi connectivity index (χ1v) is 11.5. The van der Waals surface area contributed by atoms with E-state index in [2.05, 4.69) is 15.3 Å². The van der Waals surface area contributed by atoms with Gasteiger partial charge in [-0.2, -0.15) is 17.6 Å². The number of hydrogen-bond donors (Lipinski definition) is 4. The number of aromatic nitrogens is 2. The summed E-state index contributed by atoms with van der Waals surface area (Å²) < 4.78 is 53.7. The molecule has 0 saturated carbocycles. The van der Waals surface area contributed by atoms with E-state index in [9.17, 15) is 28.2 Å². The Kier molecular flexibility index (Phi) is 9.03. The van der Waals surface area contributed by atoms with Crippen LogP contribution in [0, 0.1) is 11.7 Å². The average molecular weight is 515 g/mol. The number of primary amides is 1. The molecule has 3 rings (SSSR count). The third-order valence-electron chi connectivity index (χ3n) is 6.33. The number of halogens is 4. The fourth-order valence-corrected chi connectivity index (χ4v) is 4.20. The van der Waals surface area contributed by atoms with Crippen molar-refractivity contribution in [2.45, 2.75) is 38.2 Å². The number of aliphatic hydroxyl groups is 2. The molecule has 2 heterocycles. The van der Waals surface area contributed by atoms with Gasteiger partial charge in [-0.25, -0.2) is 9.97 Å². The molecule has 0 aliphatic carbocycles. The fourth-order valence-electron chi connectivity index (χ4n) is 4.20. The molecule has 1 aliphatic rings. The van der Waals surface area contributed by atoms with Gasteiger partial charge in [0.25, 0.3) is 0 Å². The molecule has 3 atom stereocenters. The van der Waals surface area contributed by atoms with E-state index in [-0.39, 0.29) is 37.2 Å². The van der Waals surface area contributed by atoms with Crippen molar-refractivity contribution >= 4 is 17.5 Å². The van der Waals surface area contributed by atoms with Crippen molar-refractivity contribution in [3.05, 3.63) is 47.5 Å². The summed E-state index contributed by atoms with van der Waals surface area (Å²) in [6, 6.07) is 3.78. The number of alkyl halides is 3. The number of hydrogen-bond acceptors (Lipinski definition) is 8. The minimum Gasteiger partial charge on any atom is -0.394 e. The lowest BCUT2D eigenvalue weighted by Gasteiger charge is -2.38. The number of nitrogens with two attached hydrogens (primary N) is 1. The molecule has 1 aliphatic heterocycles. The number of anilines is 2. The van der Waals surface area contributed by atoms with Gasteiger partial charge in [-0.05, 0) is 37.6 Å². The Bertz CT molecular complexity index is 1020. The molecule has 0 spiro atoms. The van der Waals surface area contributed by atoms with Crippen molar-refractivity contribution in [2.24, 2.45) is 11.7 Å². The summed E-state index contributed by atoms with van der Waals surface area (Å²) in [6.07, 6.45) is -3.61. The zero-order valence-electron chi connectivity index (χ0n) is 19.7. The van der Waals surface area contributed by atoms with Gasteiger partial charge in [0, 0.05) is 32.1 Å². The monoisotopic (exact) mass is 514 g/mol. The van der Waals surface area contributed by atoms with Crippen molar-refractivity contribution in [3.8, 4) is 0 Å². The van der Waals surface area contributed by atoms with Crippen LogP contribution < -0.4 is 16.0 Å². The molecule has 9 nitrogen and oxygen atoms in total. The summed E-state index contributed by atoms with van der Waals surface area (Å²) in [6.45, 7) is 2.58. The van der Waals surface area contributed by atoms with E-state index in [1.165, 1.54) is 18.5 Å². The number of carbonyl (C=O) groups is 1. The Hall–Kier alpha value is -3.03. The fraction of sp³-hybridized carbons (Fsp3) is 0.522. The van der Waals surface area contributed by atoms with Gasteiger partial charge in [-0.1, -0.05) is 12.1 Å². The maximum absolute atomic E-state index is 15.3. The van der Waals surface area contributed by atoms with Crippen molar-refractivity contribution in [1.82, 2.24) is 14.9 Å². The molecule has 0 bridgehead atoms. The molecular formula is C23H30F4N6O3. The van der Waals surface area contributed by atoms with Crippen molar-refractivity contribution in [2.75, 3.05) is 43.0 Å². The van der Waals surface area contributed by atoms with Crippen molar-refractivity contribution < 1.29 is 32.6 Å². The Morgan fingerprint density at radius 2 is 2.00 bits per heavy atom. The summed E-state index contributed by atoms with van der Waals surface area (Å²) in [5.74, 6) is -1.72. The predicted octanol–water partition coefficient (Wildman–Crippen LogP) is 1.60. The van der Waals surface area contributed by atoms with Gasteiger partial charge in [-0.3, -0.25) is 9.69 Å². The molecule has 0 radical (unpaired) electrons. The second kappa shape index (κ2) is 11.8. The number of rotatable bonds is 10. The van der Waals surface area contributed by atoms with Gasteiger partial charge in [0.1, 0.15) is 12.4 Å². The standard InChI is InChI=1S/C23H30F4N6O3/c1-2-32(10-14-3-5-16(6-4-14)23(25,26)27)22-19(24)21(30-13-31-22)29-9-15-7-8-33(11-18(15)35)17(12-34)20(28)36/h3-6,13,15,17-18,34-35H,2,7-12H2,1H3,(H2,28,36)(H,29,30,31)/t15-,17-,18+/m0/s1. The number of carbonyl (C=O) groups excluding carboxylic acids is 1. The molecule has 1 aromatic heterocycles. The highest BCUT2D eigenvalue weighted by atomic mass is 19.4. The quantitative estimate of drug-likeness (QED) is 0.352. The van der Waals surface area contributed by atoms with E-state index < -0.39 is 42.2 Å². The average Bonchev–Trinajstić information content (AvgIpc) is 2.83. The molecule has 198 valence electrons. The van der Waals surface area contributed by atoms with Crippen LogP contribution in [-0.2, 0) is 17.5 Å². The molecule has 1 saturated heterocycles. The van der Waals surface area contributed by atoms with Crippen LogP contribution in [0.4, 0.5) is 29.2 Å². The summed E-state index contributed by atoms with van der Waals surface area (Å²) in [5, 5.41) is 22.8. The van der Waals surface area contributed by atoms with Crippen LogP contribution in [0.2, 0.25) is 0 Å². The van der Waals surface area contributed by atoms with Crippen LogP contribution in [0.15, 0.2) is 30.6 Å². The number of piperidine rings is 1. The molecule has 1 aromatic carbocycles. The SMILES string of the molecule is CCN(Cc1ccc(C(F)(F)F)cc1)c1ncnc(NC[C@@H]2CCN([C@@H](CO)C(N)=O)C[C@H]2O)c1F. The van der Waals surface area contributed by atoms with E-state index >= 15 is 4.39 Å². The Morgan fingerprint density at radius 1 is 1.31 bits per heavy atom. The van der Waals surface area contributed by atoms with Gasteiger partial charge in [-0.15, -0.1) is 0 Å². The molecule has 5 N–H and O–H groups in total. The Labute approximate surface area is 205 Å². The first-order valence-electron chi connectivity index (χ1n) is 11.5. The third kappa shape index (κ3) is 6.59. The number of β-amino-alcohol motifs (C(OH)–C–C–N with tert-alkyl or cyclic N) is 1. The van der Waals surface area contributed by atoms with Gasteiger partial charge < -0.3 is 26.2 Å².